The summed E-state index contributed by atoms with van der Waals surface area (Å²) in [5.41, 5.74) is 0. The maximum absolute atomic E-state index is 12.3. The zero-order chi connectivity index (χ0) is 14.8. The molecule has 0 unspecified atom stereocenters. The van der Waals surface area contributed by atoms with Crippen molar-refractivity contribution in [2.24, 2.45) is 5.92 Å². The highest BCUT2D eigenvalue weighted by atomic mass is 79.9. The van der Waals surface area contributed by atoms with Gasteiger partial charge in [-0.15, -0.1) is 0 Å². The van der Waals surface area contributed by atoms with Gasteiger partial charge >= 0.3 is 5.97 Å². The second kappa shape index (κ2) is 6.24. The van der Waals surface area contributed by atoms with Gasteiger partial charge in [0.1, 0.15) is 0 Å². The van der Waals surface area contributed by atoms with Gasteiger partial charge in [0, 0.05) is 10.5 Å². The molecule has 1 aromatic rings. The first-order valence-corrected chi connectivity index (χ1v) is 8.54. The number of rotatable bonds is 6. The number of hydrogen-bond donors (Lipinski definition) is 1. The molecule has 1 saturated carbocycles. The van der Waals surface area contributed by atoms with Crippen molar-refractivity contribution in [3.63, 3.8) is 0 Å². The summed E-state index contributed by atoms with van der Waals surface area (Å²) in [6, 6.07) is 6.07. The Bertz CT molecular complexity index is 598. The number of halogens is 1. The molecule has 0 radical (unpaired) electrons. The Morgan fingerprint density at radius 1 is 1.50 bits per heavy atom. The van der Waals surface area contributed by atoms with Crippen molar-refractivity contribution in [1.29, 1.82) is 0 Å². The lowest BCUT2D eigenvalue weighted by Crippen LogP contribution is -2.38. The summed E-state index contributed by atoms with van der Waals surface area (Å²) >= 11 is 3.25. The third-order valence-corrected chi connectivity index (χ3v) is 5.20. The van der Waals surface area contributed by atoms with E-state index < -0.39 is 22.0 Å². The topological polar surface area (TPSA) is 72.5 Å². The molecule has 0 aromatic heterocycles. The summed E-state index contributed by atoms with van der Waals surface area (Å²) in [7, 11) is -2.33. The Kier molecular flexibility index (Phi) is 4.82. The number of hydrogen-bond acceptors (Lipinski definition) is 4. The summed E-state index contributed by atoms with van der Waals surface area (Å²) in [5, 5.41) is 0. The summed E-state index contributed by atoms with van der Waals surface area (Å²) in [6.45, 7) is 0. The van der Waals surface area contributed by atoms with E-state index in [1.807, 2.05) is 0 Å². The lowest BCUT2D eigenvalue weighted by Gasteiger charge is -2.17. The molecule has 7 heteroatoms. The molecule has 0 saturated heterocycles. The molecule has 110 valence electrons. The lowest BCUT2D eigenvalue weighted by atomic mass is 10.1. The molecule has 1 fully saturated rings. The highest BCUT2D eigenvalue weighted by molar-refractivity contribution is 9.10. The third kappa shape index (κ3) is 4.04. The molecule has 0 spiro atoms. The summed E-state index contributed by atoms with van der Waals surface area (Å²) < 4.78 is 32.5. The molecule has 0 bridgehead atoms. The minimum absolute atomic E-state index is 0.0639. The zero-order valence-electron chi connectivity index (χ0n) is 11.0. The van der Waals surface area contributed by atoms with E-state index in [1.54, 1.807) is 12.1 Å². The van der Waals surface area contributed by atoms with E-state index in [9.17, 15) is 13.2 Å². The van der Waals surface area contributed by atoms with Gasteiger partial charge in [-0.25, -0.2) is 13.1 Å². The van der Waals surface area contributed by atoms with E-state index in [-0.39, 0.29) is 17.2 Å². The average Bonchev–Trinajstić information content (AvgIpc) is 3.22. The highest BCUT2D eigenvalue weighted by Crippen LogP contribution is 2.35. The molecule has 0 aliphatic heterocycles. The Balaban J connectivity index is 2.14. The summed E-state index contributed by atoms with van der Waals surface area (Å²) in [6.07, 6.45) is 1.93. The minimum atomic E-state index is -3.63. The number of benzene rings is 1. The van der Waals surface area contributed by atoms with E-state index in [2.05, 4.69) is 25.4 Å². The van der Waals surface area contributed by atoms with Crippen LogP contribution in [0.4, 0.5) is 0 Å². The fraction of sp³-hybridized carbons (Fsp3) is 0.462. The van der Waals surface area contributed by atoms with Gasteiger partial charge in [0.15, 0.2) is 0 Å². The van der Waals surface area contributed by atoms with Gasteiger partial charge in [-0.2, -0.15) is 0 Å². The van der Waals surface area contributed by atoms with Gasteiger partial charge in [-0.3, -0.25) is 4.79 Å². The average molecular weight is 362 g/mol. The Hall–Kier alpha value is -0.920. The van der Waals surface area contributed by atoms with E-state index in [1.165, 1.54) is 19.2 Å². The van der Waals surface area contributed by atoms with Gasteiger partial charge in [0.2, 0.25) is 10.0 Å². The number of nitrogens with one attached hydrogen (secondary N) is 1. The Morgan fingerprint density at radius 2 is 2.20 bits per heavy atom. The van der Waals surface area contributed by atoms with E-state index in [0.29, 0.717) is 4.47 Å². The van der Waals surface area contributed by atoms with Crippen LogP contribution in [0.1, 0.15) is 19.3 Å². The molecule has 1 aliphatic carbocycles. The van der Waals surface area contributed by atoms with Gasteiger partial charge in [-0.05, 0) is 37.0 Å². The van der Waals surface area contributed by atoms with Crippen LogP contribution >= 0.6 is 15.9 Å². The number of carbonyl (C=O) groups is 1. The zero-order valence-corrected chi connectivity index (χ0v) is 13.4. The predicted molar refractivity (Wildman–Crippen MR) is 77.6 cm³/mol. The van der Waals surface area contributed by atoms with Crippen molar-refractivity contribution in [2.45, 2.75) is 30.2 Å². The standard InChI is InChI=1S/C13H16BrNO4S/c1-19-13(16)8-12(9-5-6-9)15-20(17,18)11-4-2-3-10(14)7-11/h2-4,7,9,12,15H,5-6,8H2,1H3/t12-/m0/s1. The van der Waals surface area contributed by atoms with Gasteiger partial charge < -0.3 is 4.74 Å². The first-order chi connectivity index (χ1) is 9.42. The molecule has 5 nitrogen and oxygen atoms in total. The Morgan fingerprint density at radius 3 is 2.75 bits per heavy atom. The van der Waals surface area contributed by atoms with Crippen LogP contribution in [0.3, 0.4) is 0 Å². The lowest BCUT2D eigenvalue weighted by molar-refractivity contribution is -0.141. The van der Waals surface area contributed by atoms with Crippen molar-refractivity contribution in [1.82, 2.24) is 4.72 Å². The van der Waals surface area contributed by atoms with Crippen LogP contribution in [-0.4, -0.2) is 27.5 Å². The predicted octanol–water partition coefficient (Wildman–Crippen LogP) is 2.07. The van der Waals surface area contributed by atoms with Crippen molar-refractivity contribution >= 4 is 31.9 Å². The van der Waals surface area contributed by atoms with Gasteiger partial charge in [-0.1, -0.05) is 22.0 Å². The maximum atomic E-state index is 12.3. The second-order valence-electron chi connectivity index (χ2n) is 4.80. The van der Waals surface area contributed by atoms with Crippen molar-refractivity contribution < 1.29 is 17.9 Å². The van der Waals surface area contributed by atoms with Crippen LogP contribution in [0.25, 0.3) is 0 Å². The van der Waals surface area contributed by atoms with Crippen molar-refractivity contribution in [3.8, 4) is 0 Å². The van der Waals surface area contributed by atoms with E-state index in [4.69, 9.17) is 0 Å². The van der Waals surface area contributed by atoms with Crippen molar-refractivity contribution in [3.05, 3.63) is 28.7 Å². The molecule has 1 N–H and O–H groups in total. The van der Waals surface area contributed by atoms with Gasteiger partial charge in [0.25, 0.3) is 0 Å². The third-order valence-electron chi connectivity index (χ3n) is 3.22. The fourth-order valence-corrected chi connectivity index (χ4v) is 3.87. The largest absolute Gasteiger partial charge is 0.469 e. The molecule has 20 heavy (non-hydrogen) atoms. The summed E-state index contributed by atoms with van der Waals surface area (Å²) in [4.78, 5) is 11.5. The van der Waals surface area contributed by atoms with Crippen LogP contribution < -0.4 is 4.72 Å². The van der Waals surface area contributed by atoms with Crippen LogP contribution in [0.2, 0.25) is 0 Å². The number of sulfonamides is 1. The fourth-order valence-electron chi connectivity index (χ4n) is 1.97. The molecule has 1 aliphatic rings. The van der Waals surface area contributed by atoms with Crippen LogP contribution in [-0.2, 0) is 19.6 Å². The first kappa shape index (κ1) is 15.5. The number of carbonyl (C=O) groups excluding carboxylic acids is 1. The number of esters is 1. The van der Waals surface area contributed by atoms with E-state index in [0.717, 1.165) is 12.8 Å². The number of methoxy groups -OCH3 is 1. The molecule has 0 amide bonds. The number of ether oxygens (including phenoxy) is 1. The van der Waals surface area contributed by atoms with E-state index >= 15 is 0 Å². The minimum Gasteiger partial charge on any atom is -0.469 e. The molecule has 1 atom stereocenters. The molecular weight excluding hydrogens is 346 g/mol. The van der Waals surface area contributed by atoms with Gasteiger partial charge in [0.05, 0.1) is 18.4 Å². The SMILES string of the molecule is COC(=O)C[C@H](NS(=O)(=O)c1cccc(Br)c1)C1CC1. The van der Waals surface area contributed by atoms with Crippen molar-refractivity contribution in [2.75, 3.05) is 7.11 Å². The molecule has 1 aromatic carbocycles. The quantitative estimate of drug-likeness (QED) is 0.787. The second-order valence-corrected chi connectivity index (χ2v) is 7.43. The Labute approximate surface area is 126 Å². The highest BCUT2D eigenvalue weighted by Gasteiger charge is 2.35. The smallest absolute Gasteiger partial charge is 0.307 e. The molecule has 2 rings (SSSR count). The summed E-state index contributed by atoms with van der Waals surface area (Å²) in [5.74, 6) is -0.185. The molecular formula is C13H16BrNO4S. The maximum Gasteiger partial charge on any atom is 0.307 e. The first-order valence-electron chi connectivity index (χ1n) is 6.27. The monoisotopic (exact) mass is 361 g/mol. The normalized spacial score (nSPS) is 16.7. The van der Waals surface area contributed by atoms with Crippen LogP contribution in [0.5, 0.6) is 0 Å². The van der Waals surface area contributed by atoms with Crippen LogP contribution in [0, 0.1) is 5.92 Å². The van der Waals surface area contributed by atoms with Crippen LogP contribution in [0.15, 0.2) is 33.6 Å². The molecule has 0 heterocycles.